The lowest BCUT2D eigenvalue weighted by molar-refractivity contribution is 1.30. The van der Waals surface area contributed by atoms with Gasteiger partial charge in [0.1, 0.15) is 0 Å². The Kier molecular flexibility index (Phi) is 3.30. The van der Waals surface area contributed by atoms with Gasteiger partial charge < -0.3 is 5.32 Å². The standard InChI is InChI=1S/C12H14N2/c1-9-5-4-6-10(2)12(9)14-11(3)7-8-13/h4-7,14H,1-3H3/b11-7-. The minimum atomic E-state index is 0.866. The van der Waals surface area contributed by atoms with Crippen LogP contribution in [0.2, 0.25) is 0 Å². The topological polar surface area (TPSA) is 35.8 Å². The van der Waals surface area contributed by atoms with Gasteiger partial charge in [-0.15, -0.1) is 0 Å². The molecular formula is C12H14N2. The summed E-state index contributed by atoms with van der Waals surface area (Å²) in [7, 11) is 0. The summed E-state index contributed by atoms with van der Waals surface area (Å²) in [6, 6.07) is 8.13. The minimum absolute atomic E-state index is 0.866. The summed E-state index contributed by atoms with van der Waals surface area (Å²) in [5.41, 5.74) is 4.34. The molecule has 0 saturated carbocycles. The molecule has 0 aromatic heterocycles. The van der Waals surface area contributed by atoms with E-state index in [2.05, 4.69) is 31.3 Å². The molecule has 0 spiro atoms. The van der Waals surface area contributed by atoms with Gasteiger partial charge in [-0.3, -0.25) is 0 Å². The molecule has 0 bridgehead atoms. The van der Waals surface area contributed by atoms with Crippen LogP contribution in [0.4, 0.5) is 5.69 Å². The zero-order chi connectivity index (χ0) is 10.6. The molecule has 0 heterocycles. The van der Waals surface area contributed by atoms with E-state index in [1.165, 1.54) is 17.2 Å². The molecule has 72 valence electrons. The van der Waals surface area contributed by atoms with Crippen molar-refractivity contribution >= 4 is 5.69 Å². The molecule has 0 saturated heterocycles. The largest absolute Gasteiger partial charge is 0.358 e. The Morgan fingerprint density at radius 3 is 2.43 bits per heavy atom. The number of hydrogen-bond acceptors (Lipinski definition) is 2. The fraction of sp³-hybridized carbons (Fsp3) is 0.250. The van der Waals surface area contributed by atoms with E-state index in [4.69, 9.17) is 5.26 Å². The van der Waals surface area contributed by atoms with Gasteiger partial charge in [0.2, 0.25) is 0 Å². The van der Waals surface area contributed by atoms with E-state index in [1.807, 2.05) is 19.1 Å². The number of benzene rings is 1. The lowest BCUT2D eigenvalue weighted by Crippen LogP contribution is -1.99. The van der Waals surface area contributed by atoms with E-state index >= 15 is 0 Å². The van der Waals surface area contributed by atoms with Crippen molar-refractivity contribution in [3.8, 4) is 6.07 Å². The number of para-hydroxylation sites is 1. The average Bonchev–Trinajstić information content (AvgIpc) is 2.12. The first kappa shape index (κ1) is 10.3. The molecule has 0 amide bonds. The molecule has 14 heavy (non-hydrogen) atoms. The van der Waals surface area contributed by atoms with Crippen molar-refractivity contribution < 1.29 is 0 Å². The maximum atomic E-state index is 8.49. The highest BCUT2D eigenvalue weighted by molar-refractivity contribution is 5.59. The summed E-state index contributed by atoms with van der Waals surface area (Å²) in [4.78, 5) is 0. The Morgan fingerprint density at radius 2 is 1.93 bits per heavy atom. The third-order valence-corrected chi connectivity index (χ3v) is 2.08. The molecule has 0 radical (unpaired) electrons. The predicted molar refractivity (Wildman–Crippen MR) is 58.9 cm³/mol. The van der Waals surface area contributed by atoms with E-state index in [0.29, 0.717) is 0 Å². The van der Waals surface area contributed by atoms with Gasteiger partial charge >= 0.3 is 0 Å². The van der Waals surface area contributed by atoms with Crippen molar-refractivity contribution in [1.82, 2.24) is 0 Å². The molecule has 1 aromatic carbocycles. The molecule has 2 nitrogen and oxygen atoms in total. The molecule has 2 heteroatoms. The highest BCUT2D eigenvalue weighted by Gasteiger charge is 2.00. The zero-order valence-electron chi connectivity index (χ0n) is 8.76. The van der Waals surface area contributed by atoms with Crippen molar-refractivity contribution in [2.24, 2.45) is 0 Å². The fourth-order valence-electron chi connectivity index (χ4n) is 1.34. The van der Waals surface area contributed by atoms with Crippen molar-refractivity contribution in [1.29, 1.82) is 5.26 Å². The van der Waals surface area contributed by atoms with Crippen molar-refractivity contribution in [2.75, 3.05) is 5.32 Å². The highest BCUT2D eigenvalue weighted by atomic mass is 14.9. The molecular weight excluding hydrogens is 172 g/mol. The third-order valence-electron chi connectivity index (χ3n) is 2.08. The first-order chi connectivity index (χ1) is 6.65. The van der Waals surface area contributed by atoms with Gasteiger partial charge in [-0.05, 0) is 31.9 Å². The summed E-state index contributed by atoms with van der Waals surface area (Å²) in [5, 5.41) is 11.7. The summed E-state index contributed by atoms with van der Waals surface area (Å²) >= 11 is 0. The summed E-state index contributed by atoms with van der Waals surface area (Å²) < 4.78 is 0. The molecule has 0 fully saturated rings. The van der Waals surface area contributed by atoms with Crippen LogP contribution in [0.5, 0.6) is 0 Å². The molecule has 0 aliphatic carbocycles. The molecule has 0 unspecified atom stereocenters. The zero-order valence-corrected chi connectivity index (χ0v) is 8.76. The Morgan fingerprint density at radius 1 is 1.36 bits per heavy atom. The number of hydrogen-bond donors (Lipinski definition) is 1. The van der Waals surface area contributed by atoms with Crippen LogP contribution >= 0.6 is 0 Å². The number of nitrogens with one attached hydrogen (secondary N) is 1. The van der Waals surface area contributed by atoms with Crippen molar-refractivity contribution in [2.45, 2.75) is 20.8 Å². The Balaban J connectivity index is 2.98. The minimum Gasteiger partial charge on any atom is -0.358 e. The van der Waals surface area contributed by atoms with Gasteiger partial charge in [-0.2, -0.15) is 5.26 Å². The molecule has 1 N–H and O–H groups in total. The first-order valence-corrected chi connectivity index (χ1v) is 4.54. The van der Waals surface area contributed by atoms with Crippen LogP contribution in [0.25, 0.3) is 0 Å². The molecule has 1 rings (SSSR count). The third kappa shape index (κ3) is 2.37. The molecule has 0 aliphatic rings. The maximum Gasteiger partial charge on any atom is 0.0930 e. The van der Waals surface area contributed by atoms with Gasteiger partial charge in [0.05, 0.1) is 6.07 Å². The number of rotatable bonds is 2. The second-order valence-electron chi connectivity index (χ2n) is 3.35. The summed E-state index contributed by atoms with van der Waals surface area (Å²) in [6.07, 6.45) is 1.51. The molecule has 0 atom stereocenters. The Hall–Kier alpha value is -1.75. The van der Waals surface area contributed by atoms with Gasteiger partial charge in [0.25, 0.3) is 0 Å². The quantitative estimate of drug-likeness (QED) is 0.720. The lowest BCUT2D eigenvalue weighted by Gasteiger charge is -2.11. The Labute approximate surface area is 84.9 Å². The predicted octanol–water partition coefficient (Wildman–Crippen LogP) is 3.14. The number of nitrogens with zero attached hydrogens (tertiary/aromatic N) is 1. The summed E-state index contributed by atoms with van der Waals surface area (Å²) in [6.45, 7) is 5.99. The van der Waals surface area contributed by atoms with E-state index in [1.54, 1.807) is 0 Å². The van der Waals surface area contributed by atoms with Crippen LogP contribution in [-0.2, 0) is 0 Å². The van der Waals surface area contributed by atoms with Crippen LogP contribution < -0.4 is 5.32 Å². The second kappa shape index (κ2) is 4.48. The van der Waals surface area contributed by atoms with Crippen LogP contribution in [0.15, 0.2) is 30.0 Å². The second-order valence-corrected chi connectivity index (χ2v) is 3.35. The van der Waals surface area contributed by atoms with Crippen LogP contribution in [-0.4, -0.2) is 0 Å². The van der Waals surface area contributed by atoms with Crippen LogP contribution in [0, 0.1) is 25.2 Å². The number of nitriles is 1. The average molecular weight is 186 g/mol. The van der Waals surface area contributed by atoms with Gasteiger partial charge in [0, 0.05) is 17.5 Å². The van der Waals surface area contributed by atoms with E-state index < -0.39 is 0 Å². The molecule has 1 aromatic rings. The molecule has 0 aliphatic heterocycles. The smallest absolute Gasteiger partial charge is 0.0930 e. The highest BCUT2D eigenvalue weighted by Crippen LogP contribution is 2.20. The van der Waals surface area contributed by atoms with Gasteiger partial charge in [-0.1, -0.05) is 18.2 Å². The number of aryl methyl sites for hydroxylation is 2. The van der Waals surface area contributed by atoms with E-state index in [-0.39, 0.29) is 0 Å². The van der Waals surface area contributed by atoms with Crippen LogP contribution in [0.1, 0.15) is 18.1 Å². The van der Waals surface area contributed by atoms with E-state index in [9.17, 15) is 0 Å². The van der Waals surface area contributed by atoms with Crippen molar-refractivity contribution in [3.05, 3.63) is 41.1 Å². The normalized spacial score (nSPS) is 10.9. The summed E-state index contributed by atoms with van der Waals surface area (Å²) in [5.74, 6) is 0. The SMILES string of the molecule is C/C(=C/C#N)Nc1c(C)cccc1C. The monoisotopic (exact) mass is 186 g/mol. The maximum absolute atomic E-state index is 8.49. The van der Waals surface area contributed by atoms with Gasteiger partial charge in [0.15, 0.2) is 0 Å². The fourth-order valence-corrected chi connectivity index (χ4v) is 1.34. The van der Waals surface area contributed by atoms with Gasteiger partial charge in [-0.25, -0.2) is 0 Å². The van der Waals surface area contributed by atoms with E-state index in [0.717, 1.165) is 11.4 Å². The van der Waals surface area contributed by atoms with Crippen LogP contribution in [0.3, 0.4) is 0 Å². The first-order valence-electron chi connectivity index (χ1n) is 4.54. The van der Waals surface area contributed by atoms with Crippen molar-refractivity contribution in [3.63, 3.8) is 0 Å². The Bertz CT molecular complexity index is 377. The lowest BCUT2D eigenvalue weighted by atomic mass is 10.1. The number of anilines is 1. The number of allylic oxidation sites excluding steroid dienone is 2.